The van der Waals surface area contributed by atoms with Crippen LogP contribution >= 0.6 is 0 Å². The number of amides is 1. The molecule has 0 aliphatic carbocycles. The van der Waals surface area contributed by atoms with Crippen molar-refractivity contribution in [3.63, 3.8) is 0 Å². The van der Waals surface area contributed by atoms with Gasteiger partial charge in [0.1, 0.15) is 0 Å². The van der Waals surface area contributed by atoms with E-state index in [0.29, 0.717) is 19.3 Å². The van der Waals surface area contributed by atoms with Crippen molar-refractivity contribution in [1.82, 2.24) is 15.1 Å². The van der Waals surface area contributed by atoms with Crippen LogP contribution in [0.5, 0.6) is 0 Å². The Balaban J connectivity index is 1.67. The molecule has 140 valence electrons. The maximum atomic E-state index is 12.4. The largest absolute Gasteiger partial charge is 0.350 e. The fourth-order valence-corrected chi connectivity index (χ4v) is 5.70. The zero-order valence-electron chi connectivity index (χ0n) is 15.4. The zero-order chi connectivity index (χ0) is 18.9. The van der Waals surface area contributed by atoms with E-state index in [2.05, 4.69) is 10.4 Å². The minimum atomic E-state index is -3.04. The number of sulfone groups is 1. The molecule has 1 atom stereocenters. The molecule has 1 amide bonds. The molecular weight excluding hydrogens is 350 g/mol. The molecule has 0 bridgehead atoms. The molecule has 1 aliphatic rings. The van der Waals surface area contributed by atoms with E-state index in [-0.39, 0.29) is 17.4 Å². The Morgan fingerprint density at radius 2 is 1.96 bits per heavy atom. The van der Waals surface area contributed by atoms with Crippen molar-refractivity contribution in [2.24, 2.45) is 0 Å². The molecule has 26 heavy (non-hydrogen) atoms. The summed E-state index contributed by atoms with van der Waals surface area (Å²) in [5.74, 6) is 0.0533. The highest BCUT2D eigenvalue weighted by Gasteiger charge is 2.39. The number of benzene rings is 1. The fourth-order valence-electron chi connectivity index (χ4n) is 3.60. The van der Waals surface area contributed by atoms with Crippen molar-refractivity contribution in [3.8, 4) is 5.69 Å². The average molecular weight is 375 g/mol. The molecule has 1 aliphatic heterocycles. The lowest BCUT2D eigenvalue weighted by Gasteiger charge is -2.23. The number of carbonyl (C=O) groups is 1. The number of aryl methyl sites for hydroxylation is 1. The average Bonchev–Trinajstić information content (AvgIpc) is 3.01. The van der Waals surface area contributed by atoms with Gasteiger partial charge in [0.25, 0.3) is 0 Å². The van der Waals surface area contributed by atoms with Crippen LogP contribution in [0.2, 0.25) is 0 Å². The molecule has 2 aromatic rings. The highest BCUT2D eigenvalue weighted by atomic mass is 32.2. The number of aromatic nitrogens is 2. The number of rotatable bonds is 5. The zero-order valence-corrected chi connectivity index (χ0v) is 16.3. The number of hydrogen-bond donors (Lipinski definition) is 1. The quantitative estimate of drug-likeness (QED) is 0.868. The van der Waals surface area contributed by atoms with Gasteiger partial charge in [-0.15, -0.1) is 0 Å². The lowest BCUT2D eigenvalue weighted by atomic mass is 10.0. The van der Waals surface area contributed by atoms with Gasteiger partial charge in [0.2, 0.25) is 5.91 Å². The number of nitrogens with zero attached hydrogens (tertiary/aromatic N) is 2. The molecule has 6 nitrogen and oxygen atoms in total. The van der Waals surface area contributed by atoms with Crippen LogP contribution in [-0.2, 0) is 21.1 Å². The summed E-state index contributed by atoms with van der Waals surface area (Å²) in [5.41, 5.74) is 3.35. The lowest BCUT2D eigenvalue weighted by molar-refractivity contribution is -0.122. The van der Waals surface area contributed by atoms with Crippen molar-refractivity contribution in [1.29, 1.82) is 0 Å². The number of carbonyl (C=O) groups excluding carboxylic acids is 1. The van der Waals surface area contributed by atoms with Crippen LogP contribution in [0.15, 0.2) is 30.3 Å². The summed E-state index contributed by atoms with van der Waals surface area (Å²) in [6.45, 7) is 5.76. The first-order valence-corrected chi connectivity index (χ1v) is 10.6. The Hall–Kier alpha value is -2.15. The van der Waals surface area contributed by atoms with Gasteiger partial charge in [0.15, 0.2) is 9.84 Å². The third-order valence-corrected chi connectivity index (χ3v) is 6.89. The van der Waals surface area contributed by atoms with Crippen LogP contribution in [0.25, 0.3) is 5.69 Å². The SMILES string of the molecule is Cc1nn(-c2ccccc2)c(C)c1CCC(=O)N[C@@]1(C)CCS(=O)(=O)C1. The first-order chi connectivity index (χ1) is 12.2. The smallest absolute Gasteiger partial charge is 0.220 e. The fraction of sp³-hybridized carbons (Fsp3) is 0.474. The highest BCUT2D eigenvalue weighted by Crippen LogP contribution is 2.23. The standard InChI is InChI=1S/C19H25N3O3S/c1-14-17(15(2)22(21-14)16-7-5-4-6-8-16)9-10-18(23)20-19(3)11-12-26(24,25)13-19/h4-8H,9-13H2,1-3H3,(H,20,23)/t19-/m0/s1. The van der Waals surface area contributed by atoms with E-state index in [9.17, 15) is 13.2 Å². The summed E-state index contributed by atoms with van der Waals surface area (Å²) in [4.78, 5) is 12.4. The summed E-state index contributed by atoms with van der Waals surface area (Å²) >= 11 is 0. The predicted molar refractivity (Wildman–Crippen MR) is 101 cm³/mol. The third-order valence-electron chi connectivity index (χ3n) is 4.99. The van der Waals surface area contributed by atoms with E-state index in [1.807, 2.05) is 48.9 Å². The van der Waals surface area contributed by atoms with Gasteiger partial charge in [-0.2, -0.15) is 5.10 Å². The van der Waals surface area contributed by atoms with Gasteiger partial charge in [-0.3, -0.25) is 4.79 Å². The van der Waals surface area contributed by atoms with Crippen LogP contribution < -0.4 is 5.32 Å². The molecule has 0 spiro atoms. The molecule has 0 unspecified atom stereocenters. The van der Waals surface area contributed by atoms with Gasteiger partial charge in [-0.25, -0.2) is 13.1 Å². The minimum absolute atomic E-state index is 0.0235. The van der Waals surface area contributed by atoms with Crippen molar-refractivity contribution < 1.29 is 13.2 Å². The molecule has 0 saturated carbocycles. The van der Waals surface area contributed by atoms with Crippen molar-refractivity contribution in [2.75, 3.05) is 11.5 Å². The molecule has 0 radical (unpaired) electrons. The number of para-hydroxylation sites is 1. The van der Waals surface area contributed by atoms with Gasteiger partial charge >= 0.3 is 0 Å². The Kier molecular flexibility index (Phi) is 4.92. The Morgan fingerprint density at radius 1 is 1.27 bits per heavy atom. The van der Waals surface area contributed by atoms with E-state index in [1.54, 1.807) is 6.92 Å². The second-order valence-corrected chi connectivity index (χ2v) is 9.53. The van der Waals surface area contributed by atoms with Gasteiger partial charge in [0.05, 0.1) is 28.4 Å². The van der Waals surface area contributed by atoms with Crippen LogP contribution in [0, 0.1) is 13.8 Å². The Morgan fingerprint density at radius 3 is 2.58 bits per heavy atom. The van der Waals surface area contributed by atoms with Gasteiger partial charge in [-0.1, -0.05) is 18.2 Å². The second-order valence-electron chi connectivity index (χ2n) is 7.35. The van der Waals surface area contributed by atoms with Crippen molar-refractivity contribution in [3.05, 3.63) is 47.3 Å². The highest BCUT2D eigenvalue weighted by molar-refractivity contribution is 7.91. The van der Waals surface area contributed by atoms with E-state index in [1.165, 1.54) is 0 Å². The second kappa shape index (κ2) is 6.87. The summed E-state index contributed by atoms with van der Waals surface area (Å²) in [6.07, 6.45) is 1.38. The van der Waals surface area contributed by atoms with E-state index in [0.717, 1.165) is 22.6 Å². The monoisotopic (exact) mass is 375 g/mol. The Bertz CT molecular complexity index is 919. The molecule has 1 aromatic carbocycles. The molecule has 3 rings (SSSR count). The molecule has 1 fully saturated rings. The van der Waals surface area contributed by atoms with Gasteiger partial charge in [-0.05, 0) is 51.3 Å². The molecule has 1 N–H and O–H groups in total. The first kappa shape index (κ1) is 18.6. The van der Waals surface area contributed by atoms with Crippen LogP contribution in [-0.4, -0.2) is 41.2 Å². The molecule has 7 heteroatoms. The summed E-state index contributed by atoms with van der Waals surface area (Å²) in [7, 11) is -3.04. The van der Waals surface area contributed by atoms with E-state index >= 15 is 0 Å². The van der Waals surface area contributed by atoms with Crippen molar-refractivity contribution in [2.45, 2.75) is 45.6 Å². The Labute approximate surface area is 154 Å². The van der Waals surface area contributed by atoms with Crippen LogP contribution in [0.3, 0.4) is 0 Å². The maximum absolute atomic E-state index is 12.4. The topological polar surface area (TPSA) is 81.1 Å². The first-order valence-electron chi connectivity index (χ1n) is 8.81. The van der Waals surface area contributed by atoms with E-state index < -0.39 is 15.4 Å². The van der Waals surface area contributed by atoms with E-state index in [4.69, 9.17) is 0 Å². The summed E-state index contributed by atoms with van der Waals surface area (Å²) in [5, 5.41) is 7.51. The van der Waals surface area contributed by atoms with Gasteiger partial charge < -0.3 is 5.32 Å². The van der Waals surface area contributed by atoms with Crippen LogP contribution in [0.1, 0.15) is 36.7 Å². The number of nitrogens with one attached hydrogen (secondary N) is 1. The number of hydrogen-bond acceptors (Lipinski definition) is 4. The van der Waals surface area contributed by atoms with Crippen LogP contribution in [0.4, 0.5) is 0 Å². The van der Waals surface area contributed by atoms with Gasteiger partial charge in [0, 0.05) is 12.1 Å². The molecule has 1 aromatic heterocycles. The summed E-state index contributed by atoms with van der Waals surface area (Å²) in [6, 6.07) is 9.89. The predicted octanol–water partition coefficient (Wildman–Crippen LogP) is 2.12. The maximum Gasteiger partial charge on any atom is 0.220 e. The minimum Gasteiger partial charge on any atom is -0.350 e. The molecular formula is C19H25N3O3S. The normalized spacial score (nSPS) is 21.7. The molecule has 1 saturated heterocycles. The molecule has 2 heterocycles. The van der Waals surface area contributed by atoms with Crippen molar-refractivity contribution >= 4 is 15.7 Å². The third kappa shape index (κ3) is 3.98. The summed E-state index contributed by atoms with van der Waals surface area (Å²) < 4.78 is 25.2. The lowest BCUT2D eigenvalue weighted by Crippen LogP contribution is -2.47.